The summed E-state index contributed by atoms with van der Waals surface area (Å²) >= 11 is 0. The van der Waals surface area contributed by atoms with Crippen LogP contribution in [0.15, 0.2) is 18.2 Å². The van der Waals surface area contributed by atoms with E-state index >= 15 is 0 Å². The standard InChI is InChI=1S/C14H19N3O3.ClH/c1-2-10-5-6-11(8-13(10)17(19)20)14(18)16-9-12-4-3-7-15-12;/h5-6,8,12,15H,2-4,7,9H2,1H3,(H,16,18);1H. The van der Waals surface area contributed by atoms with Crippen LogP contribution in [0.1, 0.15) is 35.7 Å². The van der Waals surface area contributed by atoms with Gasteiger partial charge >= 0.3 is 0 Å². The lowest BCUT2D eigenvalue weighted by molar-refractivity contribution is -0.385. The molecule has 0 aromatic heterocycles. The fourth-order valence-corrected chi connectivity index (χ4v) is 2.42. The SMILES string of the molecule is CCc1ccc(C(=O)NCC2CCCN2)cc1[N+](=O)[O-].Cl. The van der Waals surface area contributed by atoms with Crippen molar-refractivity contribution in [3.05, 3.63) is 39.4 Å². The van der Waals surface area contributed by atoms with Crippen LogP contribution in [0.5, 0.6) is 0 Å². The zero-order valence-electron chi connectivity index (χ0n) is 11.9. The van der Waals surface area contributed by atoms with Crippen LogP contribution >= 0.6 is 12.4 Å². The number of nitrogens with zero attached hydrogens (tertiary/aromatic N) is 1. The van der Waals surface area contributed by atoms with E-state index in [9.17, 15) is 14.9 Å². The predicted molar refractivity (Wildman–Crippen MR) is 83.1 cm³/mol. The lowest BCUT2D eigenvalue weighted by atomic mass is 10.1. The summed E-state index contributed by atoms with van der Waals surface area (Å²) in [4.78, 5) is 22.6. The van der Waals surface area contributed by atoms with Gasteiger partial charge in [0.15, 0.2) is 0 Å². The number of benzene rings is 1. The fraction of sp³-hybridized carbons (Fsp3) is 0.500. The first kappa shape index (κ1) is 17.4. The Balaban J connectivity index is 0.00000220. The van der Waals surface area contributed by atoms with Crippen molar-refractivity contribution < 1.29 is 9.72 Å². The van der Waals surface area contributed by atoms with E-state index in [4.69, 9.17) is 0 Å². The molecule has 1 aromatic rings. The first-order chi connectivity index (χ1) is 9.61. The van der Waals surface area contributed by atoms with Gasteiger partial charge in [0.25, 0.3) is 11.6 Å². The molecule has 0 spiro atoms. The molecule has 1 unspecified atom stereocenters. The van der Waals surface area contributed by atoms with E-state index in [1.54, 1.807) is 12.1 Å². The summed E-state index contributed by atoms with van der Waals surface area (Å²) in [5.74, 6) is -0.260. The molecule has 0 radical (unpaired) electrons. The number of carbonyl (C=O) groups excluding carboxylic acids is 1. The monoisotopic (exact) mass is 313 g/mol. The molecule has 0 aliphatic carbocycles. The topological polar surface area (TPSA) is 84.3 Å². The van der Waals surface area contributed by atoms with Gasteiger partial charge in [-0.15, -0.1) is 12.4 Å². The quantitative estimate of drug-likeness (QED) is 0.643. The van der Waals surface area contributed by atoms with Gasteiger partial charge in [-0.25, -0.2) is 0 Å². The van der Waals surface area contributed by atoms with E-state index in [0.29, 0.717) is 30.1 Å². The van der Waals surface area contributed by atoms with Crippen LogP contribution in [0.25, 0.3) is 0 Å². The van der Waals surface area contributed by atoms with Crippen molar-refractivity contribution in [3.8, 4) is 0 Å². The van der Waals surface area contributed by atoms with Crippen molar-refractivity contribution in [1.82, 2.24) is 10.6 Å². The van der Waals surface area contributed by atoms with E-state index in [1.807, 2.05) is 6.92 Å². The fourth-order valence-electron chi connectivity index (χ4n) is 2.42. The van der Waals surface area contributed by atoms with Gasteiger partial charge in [0.05, 0.1) is 4.92 Å². The van der Waals surface area contributed by atoms with Gasteiger partial charge in [-0.1, -0.05) is 13.0 Å². The second kappa shape index (κ2) is 7.95. The molecule has 7 heteroatoms. The summed E-state index contributed by atoms with van der Waals surface area (Å²) in [5.41, 5.74) is 0.995. The summed E-state index contributed by atoms with van der Waals surface area (Å²) in [6.45, 7) is 3.40. The largest absolute Gasteiger partial charge is 0.350 e. The zero-order chi connectivity index (χ0) is 14.5. The zero-order valence-corrected chi connectivity index (χ0v) is 12.7. The van der Waals surface area contributed by atoms with E-state index in [2.05, 4.69) is 10.6 Å². The highest BCUT2D eigenvalue weighted by Gasteiger charge is 2.18. The molecule has 6 nitrogen and oxygen atoms in total. The third-order valence-electron chi connectivity index (χ3n) is 3.60. The van der Waals surface area contributed by atoms with Crippen LogP contribution in [0.2, 0.25) is 0 Å². The highest BCUT2D eigenvalue weighted by atomic mass is 35.5. The Labute approximate surface area is 129 Å². The number of rotatable bonds is 5. The maximum atomic E-state index is 12.0. The van der Waals surface area contributed by atoms with Crippen LogP contribution in [-0.4, -0.2) is 30.0 Å². The maximum Gasteiger partial charge on any atom is 0.273 e. The second-order valence-corrected chi connectivity index (χ2v) is 4.96. The van der Waals surface area contributed by atoms with Gasteiger partial charge in [-0.3, -0.25) is 14.9 Å². The van der Waals surface area contributed by atoms with Crippen molar-refractivity contribution in [2.45, 2.75) is 32.2 Å². The summed E-state index contributed by atoms with van der Waals surface area (Å²) in [6, 6.07) is 4.96. The Morgan fingerprint density at radius 3 is 2.86 bits per heavy atom. The molecular weight excluding hydrogens is 294 g/mol. The highest BCUT2D eigenvalue weighted by molar-refractivity contribution is 5.95. The predicted octanol–water partition coefficient (Wildman–Crippen LogP) is 2.06. The van der Waals surface area contributed by atoms with Gasteiger partial charge in [0.2, 0.25) is 0 Å². The van der Waals surface area contributed by atoms with Gasteiger partial charge < -0.3 is 10.6 Å². The molecule has 1 fully saturated rings. The molecule has 1 atom stereocenters. The van der Waals surface area contributed by atoms with Gasteiger partial charge in [0.1, 0.15) is 0 Å². The maximum absolute atomic E-state index is 12.0. The van der Waals surface area contributed by atoms with E-state index in [-0.39, 0.29) is 24.0 Å². The van der Waals surface area contributed by atoms with Crippen LogP contribution in [0.3, 0.4) is 0 Å². The number of nitro groups is 1. The third kappa shape index (κ3) is 4.41. The van der Waals surface area contributed by atoms with Crippen molar-refractivity contribution in [2.75, 3.05) is 13.1 Å². The molecule has 0 bridgehead atoms. The first-order valence-electron chi connectivity index (χ1n) is 6.90. The van der Waals surface area contributed by atoms with Crippen molar-refractivity contribution in [3.63, 3.8) is 0 Å². The molecule has 1 aliphatic heterocycles. The van der Waals surface area contributed by atoms with Gasteiger partial charge in [-0.05, 0) is 31.9 Å². The Hall–Kier alpha value is -1.66. The number of halogens is 1. The normalized spacial score (nSPS) is 17.1. The molecule has 1 amide bonds. The van der Waals surface area contributed by atoms with Gasteiger partial charge in [-0.2, -0.15) is 0 Å². The minimum Gasteiger partial charge on any atom is -0.350 e. The molecule has 1 heterocycles. The summed E-state index contributed by atoms with van der Waals surface area (Å²) in [7, 11) is 0. The van der Waals surface area contributed by atoms with Crippen molar-refractivity contribution in [1.29, 1.82) is 0 Å². The number of amides is 1. The summed E-state index contributed by atoms with van der Waals surface area (Å²) in [6.07, 6.45) is 2.75. The average molecular weight is 314 g/mol. The minimum absolute atomic E-state index is 0. The highest BCUT2D eigenvalue weighted by Crippen LogP contribution is 2.20. The molecule has 21 heavy (non-hydrogen) atoms. The summed E-state index contributed by atoms with van der Waals surface area (Å²) < 4.78 is 0. The van der Waals surface area contributed by atoms with Crippen LogP contribution in [0, 0.1) is 10.1 Å². The van der Waals surface area contributed by atoms with Crippen LogP contribution < -0.4 is 10.6 Å². The molecule has 2 N–H and O–H groups in total. The molecule has 1 saturated heterocycles. The number of carbonyl (C=O) groups is 1. The molecular formula is C14H20ClN3O3. The Morgan fingerprint density at radius 2 is 2.29 bits per heavy atom. The van der Waals surface area contributed by atoms with E-state index < -0.39 is 4.92 Å². The average Bonchev–Trinajstić information content (AvgIpc) is 2.97. The molecule has 0 saturated carbocycles. The lowest BCUT2D eigenvalue weighted by Crippen LogP contribution is -2.37. The number of hydrogen-bond acceptors (Lipinski definition) is 4. The Morgan fingerprint density at radius 1 is 1.52 bits per heavy atom. The Kier molecular flexibility index (Phi) is 6.58. The molecule has 2 rings (SSSR count). The summed E-state index contributed by atoms with van der Waals surface area (Å²) in [5, 5.41) is 17.1. The molecule has 116 valence electrons. The van der Waals surface area contributed by atoms with Gasteiger partial charge in [0, 0.05) is 29.8 Å². The minimum atomic E-state index is -0.436. The number of hydrogen-bond donors (Lipinski definition) is 2. The smallest absolute Gasteiger partial charge is 0.273 e. The van der Waals surface area contributed by atoms with Crippen LogP contribution in [0.4, 0.5) is 5.69 Å². The number of nitrogens with one attached hydrogen (secondary N) is 2. The number of nitro benzene ring substituents is 1. The second-order valence-electron chi connectivity index (χ2n) is 4.96. The van der Waals surface area contributed by atoms with E-state index in [0.717, 1.165) is 19.4 Å². The third-order valence-corrected chi connectivity index (χ3v) is 3.60. The van der Waals surface area contributed by atoms with Crippen LogP contribution in [-0.2, 0) is 6.42 Å². The Bertz CT molecular complexity index is 516. The lowest BCUT2D eigenvalue weighted by Gasteiger charge is -2.11. The number of aryl methyl sites for hydroxylation is 1. The first-order valence-corrected chi connectivity index (χ1v) is 6.90. The molecule has 1 aliphatic rings. The van der Waals surface area contributed by atoms with Crippen molar-refractivity contribution in [2.24, 2.45) is 0 Å². The van der Waals surface area contributed by atoms with E-state index in [1.165, 1.54) is 6.07 Å². The van der Waals surface area contributed by atoms with Crippen molar-refractivity contribution >= 4 is 24.0 Å². The molecule has 1 aromatic carbocycles.